The van der Waals surface area contributed by atoms with Crippen molar-refractivity contribution in [2.24, 2.45) is 0 Å². The molecule has 0 saturated carbocycles. The summed E-state index contributed by atoms with van der Waals surface area (Å²) in [5, 5.41) is 8.11. The van der Waals surface area contributed by atoms with E-state index in [-0.39, 0.29) is 23.9 Å². The van der Waals surface area contributed by atoms with Crippen LogP contribution in [0.25, 0.3) is 0 Å². The van der Waals surface area contributed by atoms with Gasteiger partial charge >= 0.3 is 0 Å². The number of piperidine rings is 1. The molecule has 4 heterocycles. The van der Waals surface area contributed by atoms with E-state index in [1.807, 2.05) is 4.68 Å². The van der Waals surface area contributed by atoms with Gasteiger partial charge in [0.25, 0.3) is 5.91 Å². The van der Waals surface area contributed by atoms with Crippen LogP contribution in [0, 0.1) is 0 Å². The van der Waals surface area contributed by atoms with E-state index in [1.165, 1.54) is 14.2 Å². The van der Waals surface area contributed by atoms with Crippen molar-refractivity contribution in [3.8, 4) is 11.8 Å². The lowest BCUT2D eigenvalue weighted by atomic mass is 9.99. The molecule has 2 atom stereocenters. The summed E-state index contributed by atoms with van der Waals surface area (Å²) in [4.78, 5) is 18.9. The highest BCUT2D eigenvalue weighted by Gasteiger charge is 2.38. The van der Waals surface area contributed by atoms with E-state index < -0.39 is 0 Å². The van der Waals surface area contributed by atoms with E-state index in [0.29, 0.717) is 31.1 Å². The highest BCUT2D eigenvalue weighted by atomic mass is 16.5. The third kappa shape index (κ3) is 2.70. The van der Waals surface area contributed by atoms with Gasteiger partial charge in [0.05, 0.1) is 44.9 Å². The molecule has 1 saturated heterocycles. The van der Waals surface area contributed by atoms with Crippen LogP contribution in [0.1, 0.15) is 28.5 Å². The van der Waals surface area contributed by atoms with E-state index >= 15 is 0 Å². The smallest absolute Gasteiger partial charge is 0.259 e. The fourth-order valence-corrected chi connectivity index (χ4v) is 3.40. The highest BCUT2D eigenvalue weighted by Crippen LogP contribution is 2.32. The van der Waals surface area contributed by atoms with Gasteiger partial charge in [0.15, 0.2) is 0 Å². The van der Waals surface area contributed by atoms with Gasteiger partial charge in [-0.25, -0.2) is 4.68 Å². The number of fused-ring (bicyclic) bond motifs is 3. The number of pyridine rings is 1. The summed E-state index contributed by atoms with van der Waals surface area (Å²) >= 11 is 0. The van der Waals surface area contributed by atoms with Crippen LogP contribution in [0.5, 0.6) is 11.8 Å². The van der Waals surface area contributed by atoms with Crippen molar-refractivity contribution in [2.75, 3.05) is 27.3 Å². The second kappa shape index (κ2) is 6.32. The topological polar surface area (TPSA) is 91.6 Å². The van der Waals surface area contributed by atoms with Gasteiger partial charge in [0.2, 0.25) is 11.8 Å². The minimum atomic E-state index is -0.126. The van der Waals surface area contributed by atoms with Gasteiger partial charge in [-0.1, -0.05) is 5.21 Å². The number of aromatic nitrogens is 4. The molecule has 0 unspecified atom stereocenters. The first-order valence-corrected chi connectivity index (χ1v) is 8.10. The number of ether oxygens (including phenoxy) is 3. The van der Waals surface area contributed by atoms with Crippen molar-refractivity contribution in [3.63, 3.8) is 0 Å². The van der Waals surface area contributed by atoms with Gasteiger partial charge in [0.1, 0.15) is 5.56 Å². The van der Waals surface area contributed by atoms with Crippen molar-refractivity contribution < 1.29 is 19.0 Å². The van der Waals surface area contributed by atoms with Gasteiger partial charge < -0.3 is 19.1 Å². The van der Waals surface area contributed by atoms with Crippen LogP contribution in [-0.4, -0.2) is 64.2 Å². The fraction of sp³-hybridized carbons (Fsp3) is 0.500. The molecule has 0 aliphatic carbocycles. The van der Waals surface area contributed by atoms with Gasteiger partial charge in [-0.3, -0.25) is 4.79 Å². The largest absolute Gasteiger partial charge is 0.481 e. The van der Waals surface area contributed by atoms with Gasteiger partial charge in [-0.15, -0.1) is 5.10 Å². The molecule has 1 fully saturated rings. The normalized spacial score (nSPS) is 22.1. The Morgan fingerprint density at radius 1 is 1.32 bits per heavy atom. The molecule has 0 radical (unpaired) electrons. The Balaban J connectivity index is 1.53. The Morgan fingerprint density at radius 3 is 3.00 bits per heavy atom. The van der Waals surface area contributed by atoms with Crippen molar-refractivity contribution in [2.45, 2.75) is 25.2 Å². The molecule has 2 aromatic rings. The second-order valence-corrected chi connectivity index (χ2v) is 6.04. The monoisotopic (exact) mass is 345 g/mol. The Labute approximate surface area is 144 Å². The SMILES string of the molecule is COc1ccc(C(=O)N2CC[C@H]3[C@H](C2)OCc2cnnn23)c(OC)n1. The van der Waals surface area contributed by atoms with Gasteiger partial charge in [-0.05, 0) is 12.5 Å². The number of hydrogen-bond acceptors (Lipinski definition) is 7. The van der Waals surface area contributed by atoms with Crippen molar-refractivity contribution >= 4 is 5.91 Å². The van der Waals surface area contributed by atoms with Crippen molar-refractivity contribution in [1.82, 2.24) is 24.9 Å². The molecule has 1 amide bonds. The molecule has 4 rings (SSSR count). The molecule has 132 valence electrons. The third-order valence-electron chi connectivity index (χ3n) is 4.69. The average molecular weight is 345 g/mol. The van der Waals surface area contributed by atoms with Crippen LogP contribution in [0.2, 0.25) is 0 Å². The molecular weight excluding hydrogens is 326 g/mol. The van der Waals surface area contributed by atoms with Crippen molar-refractivity contribution in [1.29, 1.82) is 0 Å². The quantitative estimate of drug-likeness (QED) is 0.807. The molecule has 2 aliphatic rings. The first kappa shape index (κ1) is 15.8. The highest BCUT2D eigenvalue weighted by molar-refractivity contribution is 5.96. The van der Waals surface area contributed by atoms with E-state index in [4.69, 9.17) is 14.2 Å². The summed E-state index contributed by atoms with van der Waals surface area (Å²) in [5.41, 5.74) is 1.39. The maximum absolute atomic E-state index is 12.9. The molecular formula is C16H19N5O4. The number of carbonyl (C=O) groups is 1. The van der Waals surface area contributed by atoms with E-state index in [2.05, 4.69) is 15.3 Å². The first-order chi connectivity index (χ1) is 12.2. The summed E-state index contributed by atoms with van der Waals surface area (Å²) in [5.74, 6) is 0.537. The average Bonchev–Trinajstić information content (AvgIpc) is 3.15. The standard InChI is InChI=1S/C16H19N5O4/c1-23-14-4-3-11(15(18-14)24-2)16(22)20-6-5-12-13(8-20)25-9-10-7-17-19-21(10)12/h3-4,7,12-13H,5-6,8-9H2,1-2H3/t12-,13-/m0/s1. The van der Waals surface area contributed by atoms with Crippen LogP contribution in [0.4, 0.5) is 0 Å². The number of rotatable bonds is 3. The molecule has 25 heavy (non-hydrogen) atoms. The molecule has 0 spiro atoms. The summed E-state index contributed by atoms with van der Waals surface area (Å²) in [7, 11) is 3.01. The Bertz CT molecular complexity index is 793. The molecule has 2 aliphatic heterocycles. The Kier molecular flexibility index (Phi) is 4.00. The van der Waals surface area contributed by atoms with Crippen LogP contribution in [-0.2, 0) is 11.3 Å². The lowest BCUT2D eigenvalue weighted by molar-refractivity contribution is -0.0628. The number of amides is 1. The summed E-state index contributed by atoms with van der Waals surface area (Å²) in [6.45, 7) is 1.57. The number of nitrogens with zero attached hydrogens (tertiary/aromatic N) is 5. The zero-order valence-corrected chi connectivity index (χ0v) is 14.1. The van der Waals surface area contributed by atoms with Crippen LogP contribution in [0.3, 0.4) is 0 Å². The van der Waals surface area contributed by atoms with Crippen LogP contribution in [0.15, 0.2) is 18.3 Å². The minimum Gasteiger partial charge on any atom is -0.481 e. The second-order valence-electron chi connectivity index (χ2n) is 6.04. The van der Waals surface area contributed by atoms with E-state index in [9.17, 15) is 4.79 Å². The lowest BCUT2D eigenvalue weighted by Crippen LogP contribution is -2.50. The van der Waals surface area contributed by atoms with Crippen LogP contribution < -0.4 is 9.47 Å². The van der Waals surface area contributed by atoms with E-state index in [1.54, 1.807) is 23.2 Å². The van der Waals surface area contributed by atoms with Crippen LogP contribution >= 0.6 is 0 Å². The van der Waals surface area contributed by atoms with E-state index in [0.717, 1.165) is 12.1 Å². The van der Waals surface area contributed by atoms with Gasteiger partial charge in [-0.2, -0.15) is 4.98 Å². The summed E-state index contributed by atoms with van der Waals surface area (Å²) in [6.07, 6.45) is 2.39. The zero-order chi connectivity index (χ0) is 17.4. The Morgan fingerprint density at radius 2 is 2.20 bits per heavy atom. The molecule has 9 nitrogen and oxygen atoms in total. The fourth-order valence-electron chi connectivity index (χ4n) is 3.40. The number of carbonyl (C=O) groups excluding carboxylic acids is 1. The maximum atomic E-state index is 12.9. The van der Waals surface area contributed by atoms with Gasteiger partial charge in [0, 0.05) is 19.2 Å². The van der Waals surface area contributed by atoms with Crippen molar-refractivity contribution in [3.05, 3.63) is 29.6 Å². The summed E-state index contributed by atoms with van der Waals surface area (Å²) in [6, 6.07) is 3.45. The molecule has 9 heteroatoms. The molecule has 0 N–H and O–H groups in total. The lowest BCUT2D eigenvalue weighted by Gasteiger charge is -2.41. The Hall–Kier alpha value is -2.68. The first-order valence-electron chi connectivity index (χ1n) is 8.10. The third-order valence-corrected chi connectivity index (χ3v) is 4.69. The maximum Gasteiger partial charge on any atom is 0.259 e. The number of methoxy groups -OCH3 is 2. The predicted octanol–water partition coefficient (Wildman–Crippen LogP) is 0.676. The number of likely N-dealkylation sites (tertiary alicyclic amines) is 1. The molecule has 0 aromatic carbocycles. The zero-order valence-electron chi connectivity index (χ0n) is 14.1. The number of hydrogen-bond donors (Lipinski definition) is 0. The minimum absolute atomic E-state index is 0.0934. The molecule has 0 bridgehead atoms. The molecule has 2 aromatic heterocycles. The predicted molar refractivity (Wildman–Crippen MR) is 85.5 cm³/mol. The summed E-state index contributed by atoms with van der Waals surface area (Å²) < 4.78 is 18.2.